The van der Waals surface area contributed by atoms with Crippen LogP contribution in [0.2, 0.25) is 0 Å². The third-order valence-corrected chi connectivity index (χ3v) is 4.94. The number of ether oxygens (including phenoxy) is 1. The van der Waals surface area contributed by atoms with Crippen molar-refractivity contribution in [2.24, 2.45) is 10.7 Å². The number of nitrogens with two attached hydrogens (primary N) is 1. The molecule has 0 aromatic heterocycles. The predicted molar refractivity (Wildman–Crippen MR) is 98.6 cm³/mol. The van der Waals surface area contributed by atoms with E-state index in [2.05, 4.69) is 41.2 Å². The van der Waals surface area contributed by atoms with Gasteiger partial charge in [-0.15, -0.1) is 0 Å². The average molecular weight is 325 g/mol. The molecule has 1 aromatic rings. The van der Waals surface area contributed by atoms with Gasteiger partial charge in [0.05, 0.1) is 6.04 Å². The third kappa shape index (κ3) is 3.64. The highest BCUT2D eigenvalue weighted by atomic mass is 16.5. The van der Waals surface area contributed by atoms with Crippen LogP contribution in [0, 0.1) is 0 Å². The zero-order valence-corrected chi connectivity index (χ0v) is 14.4. The Morgan fingerprint density at radius 1 is 1.21 bits per heavy atom. The molecule has 2 aliphatic rings. The molecule has 128 valence electrons. The summed E-state index contributed by atoms with van der Waals surface area (Å²) in [6, 6.07) is 9.06. The van der Waals surface area contributed by atoms with Gasteiger partial charge < -0.3 is 15.8 Å². The van der Waals surface area contributed by atoms with Crippen molar-refractivity contribution in [3.8, 4) is 0 Å². The first-order chi connectivity index (χ1) is 11.7. The lowest BCUT2D eigenvalue weighted by atomic mass is 9.83. The second-order valence-electron chi connectivity index (χ2n) is 6.68. The molecule has 4 heteroatoms. The van der Waals surface area contributed by atoms with Crippen LogP contribution in [0.15, 0.2) is 53.4 Å². The third-order valence-electron chi connectivity index (χ3n) is 4.94. The van der Waals surface area contributed by atoms with E-state index in [1.54, 1.807) is 0 Å². The van der Waals surface area contributed by atoms with E-state index in [0.717, 1.165) is 11.6 Å². The quantitative estimate of drug-likeness (QED) is 0.878. The highest BCUT2D eigenvalue weighted by molar-refractivity contribution is 5.94. The van der Waals surface area contributed by atoms with Crippen LogP contribution in [0.4, 0.5) is 0 Å². The van der Waals surface area contributed by atoms with Crippen LogP contribution in [0.25, 0.3) is 0 Å². The second-order valence-corrected chi connectivity index (χ2v) is 6.68. The Morgan fingerprint density at radius 3 is 2.50 bits per heavy atom. The van der Waals surface area contributed by atoms with E-state index in [9.17, 15) is 0 Å². The van der Waals surface area contributed by atoms with Crippen LogP contribution in [-0.2, 0) is 4.74 Å². The number of nitrogens with one attached hydrogen (secondary N) is 1. The SMILES string of the molecule is C=CN=C1OCC(c2ccc(C3CCCCC3)cc2)N/C1=C(/C)N. The smallest absolute Gasteiger partial charge is 0.239 e. The van der Waals surface area contributed by atoms with Crippen LogP contribution < -0.4 is 11.1 Å². The maximum atomic E-state index is 5.97. The summed E-state index contributed by atoms with van der Waals surface area (Å²) in [4.78, 5) is 4.15. The van der Waals surface area contributed by atoms with Crippen molar-refractivity contribution in [2.45, 2.75) is 51.0 Å². The molecule has 0 spiro atoms. The summed E-state index contributed by atoms with van der Waals surface area (Å²) >= 11 is 0. The summed E-state index contributed by atoms with van der Waals surface area (Å²) < 4.78 is 5.78. The topological polar surface area (TPSA) is 59.6 Å². The van der Waals surface area contributed by atoms with E-state index in [1.807, 2.05) is 6.92 Å². The fourth-order valence-corrected chi connectivity index (χ4v) is 3.60. The van der Waals surface area contributed by atoms with Gasteiger partial charge in [-0.05, 0) is 36.8 Å². The Balaban J connectivity index is 1.74. The van der Waals surface area contributed by atoms with Crippen molar-refractivity contribution < 1.29 is 4.74 Å². The molecule has 1 aromatic carbocycles. The summed E-state index contributed by atoms with van der Waals surface area (Å²) in [5, 5.41) is 3.45. The van der Waals surface area contributed by atoms with Crippen LogP contribution in [-0.4, -0.2) is 12.5 Å². The molecule has 1 saturated carbocycles. The van der Waals surface area contributed by atoms with Gasteiger partial charge in [0.15, 0.2) is 0 Å². The van der Waals surface area contributed by atoms with Gasteiger partial charge in [-0.3, -0.25) is 0 Å². The maximum Gasteiger partial charge on any atom is 0.239 e. The molecular formula is C20H27N3O. The zero-order chi connectivity index (χ0) is 16.9. The molecule has 2 fully saturated rings. The van der Waals surface area contributed by atoms with Crippen molar-refractivity contribution in [3.05, 3.63) is 59.6 Å². The molecule has 0 bridgehead atoms. The Kier molecular flexibility index (Phi) is 5.24. The summed E-state index contributed by atoms with van der Waals surface area (Å²) in [6.45, 7) is 6.00. The number of allylic oxidation sites excluding steroid dienone is 1. The van der Waals surface area contributed by atoms with Crippen LogP contribution in [0.5, 0.6) is 0 Å². The number of aliphatic imine (C=N–C) groups is 1. The van der Waals surface area contributed by atoms with E-state index >= 15 is 0 Å². The highest BCUT2D eigenvalue weighted by Gasteiger charge is 2.25. The van der Waals surface area contributed by atoms with Crippen LogP contribution >= 0.6 is 0 Å². The minimum atomic E-state index is 0.0858. The van der Waals surface area contributed by atoms with E-state index in [-0.39, 0.29) is 6.04 Å². The molecule has 1 unspecified atom stereocenters. The Labute approximate surface area is 144 Å². The van der Waals surface area contributed by atoms with Gasteiger partial charge in [-0.2, -0.15) is 0 Å². The van der Waals surface area contributed by atoms with Gasteiger partial charge >= 0.3 is 0 Å². The van der Waals surface area contributed by atoms with Gasteiger partial charge in [0.2, 0.25) is 5.90 Å². The van der Waals surface area contributed by atoms with Gasteiger partial charge in [0.1, 0.15) is 12.3 Å². The Bertz CT molecular complexity index is 635. The number of benzene rings is 1. The molecule has 0 radical (unpaired) electrons. The number of hydrogen-bond acceptors (Lipinski definition) is 4. The van der Waals surface area contributed by atoms with Crippen molar-refractivity contribution in [2.75, 3.05) is 6.61 Å². The normalized spacial score (nSPS) is 25.7. The molecule has 0 amide bonds. The van der Waals surface area contributed by atoms with E-state index in [4.69, 9.17) is 10.5 Å². The van der Waals surface area contributed by atoms with Crippen LogP contribution in [0.3, 0.4) is 0 Å². The van der Waals surface area contributed by atoms with E-state index in [0.29, 0.717) is 18.2 Å². The van der Waals surface area contributed by atoms with E-state index < -0.39 is 0 Å². The standard InChI is InChI=1S/C20H27N3O/c1-3-22-20-19(14(2)21)23-18(13-24-20)17-11-9-16(10-12-17)15-7-5-4-6-8-15/h3,9-12,15,18,23H,1,4-8,13,21H2,2H3/b19-14-,22-20?. The number of nitrogens with zero attached hydrogens (tertiary/aromatic N) is 1. The molecule has 3 rings (SSSR count). The molecule has 1 aliphatic heterocycles. The number of morpholine rings is 1. The highest BCUT2D eigenvalue weighted by Crippen LogP contribution is 2.33. The minimum Gasteiger partial charge on any atom is -0.474 e. The molecule has 1 saturated heterocycles. The Morgan fingerprint density at radius 2 is 1.88 bits per heavy atom. The van der Waals surface area contributed by atoms with Crippen molar-refractivity contribution in [3.63, 3.8) is 0 Å². The van der Waals surface area contributed by atoms with Crippen molar-refractivity contribution in [1.29, 1.82) is 0 Å². The van der Waals surface area contributed by atoms with Crippen LogP contribution in [0.1, 0.15) is 62.1 Å². The molecule has 1 atom stereocenters. The first-order valence-electron chi connectivity index (χ1n) is 8.83. The lowest BCUT2D eigenvalue weighted by Crippen LogP contribution is -2.38. The largest absolute Gasteiger partial charge is 0.474 e. The van der Waals surface area contributed by atoms with E-state index in [1.165, 1.54) is 49.4 Å². The fourth-order valence-electron chi connectivity index (χ4n) is 3.60. The molecule has 1 aliphatic carbocycles. The second kappa shape index (κ2) is 7.56. The average Bonchev–Trinajstić information content (AvgIpc) is 2.63. The molecular weight excluding hydrogens is 298 g/mol. The monoisotopic (exact) mass is 325 g/mol. The molecule has 3 N–H and O–H groups in total. The lowest BCUT2D eigenvalue weighted by molar-refractivity contribution is 0.237. The summed E-state index contributed by atoms with van der Waals surface area (Å²) in [7, 11) is 0. The van der Waals surface area contributed by atoms with Crippen molar-refractivity contribution in [1.82, 2.24) is 5.32 Å². The first kappa shape index (κ1) is 16.6. The summed E-state index contributed by atoms with van der Waals surface area (Å²) in [5.41, 5.74) is 10.1. The summed E-state index contributed by atoms with van der Waals surface area (Å²) in [5.74, 6) is 1.25. The summed E-state index contributed by atoms with van der Waals surface area (Å²) in [6.07, 6.45) is 8.23. The predicted octanol–water partition coefficient (Wildman–Crippen LogP) is 4.13. The van der Waals surface area contributed by atoms with Crippen molar-refractivity contribution >= 4 is 5.90 Å². The number of hydrogen-bond donors (Lipinski definition) is 2. The molecule has 24 heavy (non-hydrogen) atoms. The lowest BCUT2D eigenvalue weighted by Gasteiger charge is -2.30. The maximum absolute atomic E-state index is 5.97. The minimum absolute atomic E-state index is 0.0858. The fraction of sp³-hybridized carbons (Fsp3) is 0.450. The van der Waals surface area contributed by atoms with Gasteiger partial charge in [0.25, 0.3) is 0 Å². The molecule has 4 nitrogen and oxygen atoms in total. The van der Waals surface area contributed by atoms with Gasteiger partial charge in [-0.25, -0.2) is 4.99 Å². The zero-order valence-electron chi connectivity index (χ0n) is 14.4. The Hall–Kier alpha value is -2.23. The first-order valence-corrected chi connectivity index (χ1v) is 8.83. The number of rotatable bonds is 3. The van der Waals surface area contributed by atoms with Gasteiger partial charge in [0, 0.05) is 11.9 Å². The molecule has 1 heterocycles. The van der Waals surface area contributed by atoms with Gasteiger partial charge in [-0.1, -0.05) is 50.1 Å².